The second-order valence-electron chi connectivity index (χ2n) is 6.71. The Morgan fingerprint density at radius 2 is 1.70 bits per heavy atom. The monoisotopic (exact) mass is 380 g/mol. The molecule has 2 aliphatic heterocycles. The van der Waals surface area contributed by atoms with Crippen LogP contribution in [-0.2, 0) is 4.79 Å². The van der Waals surface area contributed by atoms with Gasteiger partial charge in [0.05, 0.1) is 17.2 Å². The van der Waals surface area contributed by atoms with Gasteiger partial charge < -0.3 is 5.32 Å². The molecule has 3 amide bonds. The van der Waals surface area contributed by atoms with Gasteiger partial charge in [-0.15, -0.1) is 11.8 Å². The number of fused-ring (bicyclic) bond motifs is 2. The molecule has 0 saturated carbocycles. The number of nitrogens with zero attached hydrogens (tertiary/aromatic N) is 1. The van der Waals surface area contributed by atoms with Gasteiger partial charge in [-0.25, -0.2) is 0 Å². The molecule has 4 rings (SSSR count). The van der Waals surface area contributed by atoms with E-state index in [2.05, 4.69) is 17.4 Å². The summed E-state index contributed by atoms with van der Waals surface area (Å²) in [6.45, 7) is 0.261. The lowest BCUT2D eigenvalue weighted by Crippen LogP contribution is -2.33. The summed E-state index contributed by atoms with van der Waals surface area (Å²) >= 11 is 1.82. The highest BCUT2D eigenvalue weighted by Crippen LogP contribution is 2.35. The Hall–Kier alpha value is -2.60. The van der Waals surface area contributed by atoms with E-state index in [4.69, 9.17) is 0 Å². The summed E-state index contributed by atoms with van der Waals surface area (Å²) in [4.78, 5) is 39.5. The average molecular weight is 380 g/mol. The van der Waals surface area contributed by atoms with Gasteiger partial charge in [0.15, 0.2) is 0 Å². The number of carbonyl (C=O) groups excluding carboxylic acids is 3. The topological polar surface area (TPSA) is 66.5 Å². The van der Waals surface area contributed by atoms with Gasteiger partial charge in [-0.3, -0.25) is 19.3 Å². The smallest absolute Gasteiger partial charge is 0.261 e. The number of imide groups is 1. The van der Waals surface area contributed by atoms with Gasteiger partial charge in [0.2, 0.25) is 5.91 Å². The molecular weight excluding hydrogens is 360 g/mol. The van der Waals surface area contributed by atoms with E-state index in [-0.39, 0.29) is 30.3 Å². The summed E-state index contributed by atoms with van der Waals surface area (Å²) < 4.78 is 0. The molecule has 0 fully saturated rings. The Morgan fingerprint density at radius 3 is 2.44 bits per heavy atom. The molecule has 0 radical (unpaired) electrons. The first-order chi connectivity index (χ1) is 13.1. The van der Waals surface area contributed by atoms with Crippen molar-refractivity contribution in [2.24, 2.45) is 0 Å². The summed E-state index contributed by atoms with van der Waals surface area (Å²) in [5, 5.41) is 3.10. The van der Waals surface area contributed by atoms with Crippen LogP contribution in [-0.4, -0.2) is 34.9 Å². The quantitative estimate of drug-likeness (QED) is 0.807. The highest BCUT2D eigenvalue weighted by atomic mass is 32.2. The Morgan fingerprint density at radius 1 is 1.04 bits per heavy atom. The second kappa shape index (κ2) is 7.56. The van der Waals surface area contributed by atoms with Crippen molar-refractivity contribution >= 4 is 29.5 Å². The molecule has 0 aliphatic carbocycles. The molecule has 27 heavy (non-hydrogen) atoms. The van der Waals surface area contributed by atoms with Gasteiger partial charge in [0, 0.05) is 23.6 Å². The van der Waals surface area contributed by atoms with Crippen LogP contribution in [0.15, 0.2) is 53.4 Å². The van der Waals surface area contributed by atoms with Crippen LogP contribution in [0.25, 0.3) is 0 Å². The molecule has 1 N–H and O–H groups in total. The van der Waals surface area contributed by atoms with Crippen LogP contribution >= 0.6 is 11.8 Å². The average Bonchev–Trinajstić information content (AvgIpc) is 2.93. The predicted octanol–water partition coefficient (Wildman–Crippen LogP) is 3.42. The number of thioether (sulfide) groups is 1. The van der Waals surface area contributed by atoms with Crippen molar-refractivity contribution in [2.45, 2.75) is 30.2 Å². The normalized spacial score (nSPS) is 18.2. The fourth-order valence-corrected chi connectivity index (χ4v) is 4.72. The van der Waals surface area contributed by atoms with Crippen molar-refractivity contribution in [2.75, 3.05) is 12.3 Å². The molecule has 0 spiro atoms. The molecule has 0 bridgehead atoms. The first kappa shape index (κ1) is 17.8. The van der Waals surface area contributed by atoms with Crippen LogP contribution in [0.1, 0.15) is 51.6 Å². The van der Waals surface area contributed by atoms with Crippen molar-refractivity contribution in [3.05, 3.63) is 65.2 Å². The zero-order chi connectivity index (χ0) is 18.8. The van der Waals surface area contributed by atoms with Gasteiger partial charge in [0.1, 0.15) is 0 Å². The van der Waals surface area contributed by atoms with Crippen LogP contribution in [0.3, 0.4) is 0 Å². The van der Waals surface area contributed by atoms with Crippen molar-refractivity contribution in [1.29, 1.82) is 0 Å². The van der Waals surface area contributed by atoms with Gasteiger partial charge in [-0.2, -0.15) is 0 Å². The molecule has 6 heteroatoms. The van der Waals surface area contributed by atoms with Crippen LogP contribution in [0.5, 0.6) is 0 Å². The third kappa shape index (κ3) is 3.49. The molecule has 2 aromatic carbocycles. The number of hydrogen-bond donors (Lipinski definition) is 1. The van der Waals surface area contributed by atoms with Crippen molar-refractivity contribution in [3.63, 3.8) is 0 Å². The Bertz CT molecular complexity index is 877. The summed E-state index contributed by atoms with van der Waals surface area (Å²) in [7, 11) is 0. The SMILES string of the molecule is O=C(CCCN1C(=O)c2ccccc2C1=O)NC1CCSc2ccccc21. The zero-order valence-electron chi connectivity index (χ0n) is 14.8. The first-order valence-electron chi connectivity index (χ1n) is 9.11. The zero-order valence-corrected chi connectivity index (χ0v) is 15.6. The maximum atomic E-state index is 12.4. The lowest BCUT2D eigenvalue weighted by atomic mass is 10.0. The molecule has 0 saturated heterocycles. The lowest BCUT2D eigenvalue weighted by Gasteiger charge is -2.26. The van der Waals surface area contributed by atoms with E-state index < -0.39 is 0 Å². The summed E-state index contributed by atoms with van der Waals surface area (Å²) in [6.07, 6.45) is 1.66. The highest BCUT2D eigenvalue weighted by Gasteiger charge is 2.34. The predicted molar refractivity (Wildman–Crippen MR) is 104 cm³/mol. The fraction of sp³-hybridized carbons (Fsp3) is 0.286. The molecular formula is C21H20N2O3S. The molecule has 1 atom stereocenters. The number of carbonyl (C=O) groups is 3. The summed E-state index contributed by atoms with van der Waals surface area (Å²) in [6, 6.07) is 15.0. The van der Waals surface area contributed by atoms with Crippen molar-refractivity contribution in [1.82, 2.24) is 10.2 Å². The van der Waals surface area contributed by atoms with Gasteiger partial charge in [0.25, 0.3) is 11.8 Å². The maximum Gasteiger partial charge on any atom is 0.261 e. The van der Waals surface area contributed by atoms with Gasteiger partial charge >= 0.3 is 0 Å². The first-order valence-corrected chi connectivity index (χ1v) is 10.1. The number of nitrogens with one attached hydrogen (secondary N) is 1. The maximum absolute atomic E-state index is 12.4. The number of amides is 3. The minimum absolute atomic E-state index is 0.0363. The second-order valence-corrected chi connectivity index (χ2v) is 7.84. The number of rotatable bonds is 5. The fourth-order valence-electron chi connectivity index (χ4n) is 3.60. The third-order valence-electron chi connectivity index (χ3n) is 4.96. The van der Waals surface area contributed by atoms with E-state index in [1.165, 1.54) is 15.4 Å². The van der Waals surface area contributed by atoms with Crippen LogP contribution in [0.2, 0.25) is 0 Å². The van der Waals surface area contributed by atoms with E-state index in [0.717, 1.165) is 12.2 Å². The van der Waals surface area contributed by atoms with Crippen LogP contribution in [0, 0.1) is 0 Å². The van der Waals surface area contributed by atoms with E-state index >= 15 is 0 Å². The molecule has 138 valence electrons. The molecule has 0 aromatic heterocycles. The molecule has 5 nitrogen and oxygen atoms in total. The Labute approximate surface area is 162 Å². The number of benzene rings is 2. The molecule has 2 aromatic rings. The standard InChI is InChI=1S/C21H20N2O3S/c24-19(22-17-11-13-27-18-9-4-3-8-16(17)18)10-5-12-23-20(25)14-6-1-2-7-15(14)21(23)26/h1-4,6-9,17H,5,10-13H2,(H,22,24). The largest absolute Gasteiger partial charge is 0.349 e. The van der Waals surface area contributed by atoms with Crippen molar-refractivity contribution in [3.8, 4) is 0 Å². The molecule has 1 unspecified atom stereocenters. The van der Waals surface area contributed by atoms with Gasteiger partial charge in [-0.05, 0) is 36.6 Å². The molecule has 2 aliphatic rings. The summed E-state index contributed by atoms with van der Waals surface area (Å²) in [5.74, 6) is 0.401. The van der Waals surface area contributed by atoms with E-state index in [0.29, 0.717) is 24.0 Å². The van der Waals surface area contributed by atoms with E-state index in [1.807, 2.05) is 23.9 Å². The number of hydrogen-bond acceptors (Lipinski definition) is 4. The summed E-state index contributed by atoms with van der Waals surface area (Å²) in [5.41, 5.74) is 2.06. The highest BCUT2D eigenvalue weighted by molar-refractivity contribution is 7.99. The third-order valence-corrected chi connectivity index (χ3v) is 6.08. The minimum Gasteiger partial charge on any atom is -0.349 e. The van der Waals surface area contributed by atoms with Gasteiger partial charge in [-0.1, -0.05) is 30.3 Å². The van der Waals surface area contributed by atoms with Crippen LogP contribution < -0.4 is 5.32 Å². The molecule has 2 heterocycles. The lowest BCUT2D eigenvalue weighted by molar-refractivity contribution is -0.122. The van der Waals surface area contributed by atoms with Crippen molar-refractivity contribution < 1.29 is 14.4 Å². The van der Waals surface area contributed by atoms with Crippen LogP contribution in [0.4, 0.5) is 0 Å². The minimum atomic E-state index is -0.269. The Kier molecular flexibility index (Phi) is 4.99. The van der Waals surface area contributed by atoms with E-state index in [1.54, 1.807) is 24.3 Å². The Balaban J connectivity index is 1.31. The van der Waals surface area contributed by atoms with E-state index in [9.17, 15) is 14.4 Å².